The van der Waals surface area contributed by atoms with Crippen LogP contribution < -0.4 is 10.6 Å². The van der Waals surface area contributed by atoms with E-state index in [1.165, 1.54) is 21.9 Å². The monoisotopic (exact) mass is 470 g/mol. The number of fused-ring (bicyclic) bond motifs is 1. The minimum absolute atomic E-state index is 0.188. The van der Waals surface area contributed by atoms with E-state index in [0.717, 1.165) is 18.6 Å². The van der Waals surface area contributed by atoms with Crippen molar-refractivity contribution in [1.82, 2.24) is 19.6 Å². The van der Waals surface area contributed by atoms with E-state index in [4.69, 9.17) is 15.5 Å². The van der Waals surface area contributed by atoms with E-state index in [1.54, 1.807) is 24.6 Å². The van der Waals surface area contributed by atoms with Crippen LogP contribution in [0.5, 0.6) is 0 Å². The van der Waals surface area contributed by atoms with Gasteiger partial charge in [-0.3, -0.25) is 0 Å². The molecule has 0 amide bonds. The van der Waals surface area contributed by atoms with Gasteiger partial charge in [-0.25, -0.2) is 28.1 Å². The molecule has 0 radical (unpaired) electrons. The molecule has 11 heteroatoms. The van der Waals surface area contributed by atoms with Crippen LogP contribution in [-0.4, -0.2) is 38.7 Å². The van der Waals surface area contributed by atoms with Gasteiger partial charge in [0.25, 0.3) is 0 Å². The molecule has 0 bridgehead atoms. The van der Waals surface area contributed by atoms with Crippen LogP contribution in [-0.2, 0) is 4.74 Å². The molecule has 0 aliphatic carbocycles. The Hall–Kier alpha value is -3.60. The Bertz CT molecular complexity index is 1350. The number of anilines is 2. The van der Waals surface area contributed by atoms with Crippen LogP contribution >= 0.6 is 11.3 Å². The van der Waals surface area contributed by atoms with Gasteiger partial charge in [-0.15, -0.1) is 16.4 Å². The lowest BCUT2D eigenvalue weighted by Gasteiger charge is -2.26. The van der Waals surface area contributed by atoms with E-state index in [-0.39, 0.29) is 24.2 Å². The van der Waals surface area contributed by atoms with Gasteiger partial charge in [0.1, 0.15) is 22.5 Å². The molecule has 1 fully saturated rings. The van der Waals surface area contributed by atoms with Crippen molar-refractivity contribution in [2.24, 2.45) is 0 Å². The Balaban J connectivity index is 1.55. The highest BCUT2D eigenvalue weighted by Gasteiger charge is 2.30. The van der Waals surface area contributed by atoms with E-state index in [0.29, 0.717) is 40.6 Å². The summed E-state index contributed by atoms with van der Waals surface area (Å²) >= 11 is 1.24. The van der Waals surface area contributed by atoms with E-state index in [1.807, 2.05) is 4.90 Å². The average molecular weight is 471 g/mol. The van der Waals surface area contributed by atoms with Gasteiger partial charge < -0.3 is 15.4 Å². The Kier molecular flexibility index (Phi) is 5.41. The number of aromatic nitrogens is 4. The average Bonchev–Trinajstić information content (AvgIpc) is 3.52. The number of carbonyl (C=O) groups is 1. The van der Waals surface area contributed by atoms with E-state index < -0.39 is 17.6 Å². The molecule has 0 saturated carbocycles. The number of esters is 1. The van der Waals surface area contributed by atoms with E-state index in [9.17, 15) is 13.6 Å². The summed E-state index contributed by atoms with van der Waals surface area (Å²) in [6.45, 7) is 2.62. The SMILES string of the molecule is CCOC(=O)c1csc(-c2c(N)nn3ccc(N4CCCC4c4cc(F)ccc4F)nc23)n1. The van der Waals surface area contributed by atoms with Gasteiger partial charge in [0.15, 0.2) is 17.2 Å². The summed E-state index contributed by atoms with van der Waals surface area (Å²) in [5.41, 5.74) is 7.62. The molecule has 1 atom stereocenters. The molecule has 1 saturated heterocycles. The fraction of sp³-hybridized carbons (Fsp3) is 0.273. The number of nitrogen functional groups attached to an aromatic ring is 1. The number of carbonyl (C=O) groups excluding carboxylic acids is 1. The Morgan fingerprint density at radius 2 is 2.15 bits per heavy atom. The molecule has 0 spiro atoms. The Morgan fingerprint density at radius 3 is 2.97 bits per heavy atom. The molecule has 8 nitrogen and oxygen atoms in total. The normalized spacial score (nSPS) is 16.0. The third-order valence-corrected chi connectivity index (χ3v) is 6.42. The molecule has 1 aliphatic rings. The third kappa shape index (κ3) is 3.78. The largest absolute Gasteiger partial charge is 0.461 e. The fourth-order valence-corrected chi connectivity index (χ4v) is 4.96. The summed E-state index contributed by atoms with van der Waals surface area (Å²) in [4.78, 5) is 23.1. The van der Waals surface area contributed by atoms with Crippen molar-refractivity contribution >= 4 is 34.6 Å². The zero-order valence-electron chi connectivity index (χ0n) is 17.7. The molecule has 170 valence electrons. The number of hydrogen-bond donors (Lipinski definition) is 1. The van der Waals surface area contributed by atoms with Gasteiger partial charge in [-0.2, -0.15) is 0 Å². The summed E-state index contributed by atoms with van der Waals surface area (Å²) in [7, 11) is 0. The number of ether oxygens (including phenoxy) is 1. The van der Waals surface area contributed by atoms with Gasteiger partial charge in [-0.05, 0) is 44.0 Å². The molecule has 4 heterocycles. The highest BCUT2D eigenvalue weighted by Crippen LogP contribution is 2.38. The molecule has 1 aliphatic heterocycles. The number of nitrogens with zero attached hydrogens (tertiary/aromatic N) is 5. The minimum atomic E-state index is -0.513. The lowest BCUT2D eigenvalue weighted by molar-refractivity contribution is 0.0520. The van der Waals surface area contributed by atoms with Crippen molar-refractivity contribution in [3.63, 3.8) is 0 Å². The smallest absolute Gasteiger partial charge is 0.357 e. The molecule has 5 rings (SSSR count). The second-order valence-electron chi connectivity index (χ2n) is 7.59. The molecule has 4 aromatic rings. The van der Waals surface area contributed by atoms with Crippen LogP contribution in [0.1, 0.15) is 41.9 Å². The van der Waals surface area contributed by atoms with Crippen LogP contribution in [0.4, 0.5) is 20.4 Å². The van der Waals surface area contributed by atoms with Crippen molar-refractivity contribution in [2.45, 2.75) is 25.8 Å². The van der Waals surface area contributed by atoms with Crippen molar-refractivity contribution < 1.29 is 18.3 Å². The summed E-state index contributed by atoms with van der Waals surface area (Å²) in [5.74, 6) is -0.622. The van der Waals surface area contributed by atoms with E-state index >= 15 is 0 Å². The highest BCUT2D eigenvalue weighted by atomic mass is 32.1. The van der Waals surface area contributed by atoms with Gasteiger partial charge in [0.2, 0.25) is 0 Å². The second kappa shape index (κ2) is 8.39. The van der Waals surface area contributed by atoms with Gasteiger partial charge in [-0.1, -0.05) is 0 Å². The third-order valence-electron chi connectivity index (χ3n) is 5.56. The van der Waals surface area contributed by atoms with Crippen LogP contribution in [0.15, 0.2) is 35.8 Å². The number of hydrogen-bond acceptors (Lipinski definition) is 8. The second-order valence-corrected chi connectivity index (χ2v) is 8.45. The number of rotatable bonds is 5. The van der Waals surface area contributed by atoms with Crippen LogP contribution in [0.25, 0.3) is 16.2 Å². The predicted octanol–water partition coefficient (Wildman–Crippen LogP) is 4.23. The predicted molar refractivity (Wildman–Crippen MR) is 120 cm³/mol. The van der Waals surface area contributed by atoms with Crippen molar-refractivity contribution in [3.8, 4) is 10.6 Å². The maximum absolute atomic E-state index is 14.5. The van der Waals surface area contributed by atoms with Crippen LogP contribution in [0.2, 0.25) is 0 Å². The molecule has 33 heavy (non-hydrogen) atoms. The van der Waals surface area contributed by atoms with Crippen LogP contribution in [0, 0.1) is 11.6 Å². The molecule has 1 unspecified atom stereocenters. The number of nitrogens with two attached hydrogens (primary N) is 1. The number of benzene rings is 1. The first kappa shape index (κ1) is 21.3. The molecule has 2 N–H and O–H groups in total. The lowest BCUT2D eigenvalue weighted by atomic mass is 10.0. The zero-order chi connectivity index (χ0) is 23.1. The number of thiazole rings is 1. The first-order valence-electron chi connectivity index (χ1n) is 10.5. The minimum Gasteiger partial charge on any atom is -0.461 e. The summed E-state index contributed by atoms with van der Waals surface area (Å²) < 4.78 is 34.9. The Labute approximate surface area is 191 Å². The van der Waals surface area contributed by atoms with Gasteiger partial charge in [0.05, 0.1) is 18.2 Å². The lowest BCUT2D eigenvalue weighted by Crippen LogP contribution is -2.24. The molecular weight excluding hydrogens is 450 g/mol. The maximum atomic E-state index is 14.5. The quantitative estimate of drug-likeness (QED) is 0.436. The van der Waals surface area contributed by atoms with Crippen molar-refractivity contribution in [3.05, 3.63) is 58.7 Å². The first-order chi connectivity index (χ1) is 16.0. The topological polar surface area (TPSA) is 98.6 Å². The Morgan fingerprint density at radius 1 is 1.30 bits per heavy atom. The summed E-state index contributed by atoms with van der Waals surface area (Å²) in [5, 5.41) is 6.40. The number of halogens is 2. The van der Waals surface area contributed by atoms with Gasteiger partial charge in [0, 0.05) is 23.7 Å². The van der Waals surface area contributed by atoms with E-state index in [2.05, 4.69) is 10.1 Å². The maximum Gasteiger partial charge on any atom is 0.357 e. The first-order valence-corrected chi connectivity index (χ1v) is 11.3. The molecular formula is C22H20F2N6O2S. The summed E-state index contributed by atoms with van der Waals surface area (Å²) in [6, 6.07) is 4.94. The zero-order valence-corrected chi connectivity index (χ0v) is 18.5. The molecule has 1 aromatic carbocycles. The fourth-order valence-electron chi connectivity index (χ4n) is 4.12. The van der Waals surface area contributed by atoms with Crippen molar-refractivity contribution in [2.75, 3.05) is 23.8 Å². The summed E-state index contributed by atoms with van der Waals surface area (Å²) in [6.07, 6.45) is 3.21. The van der Waals surface area contributed by atoms with Gasteiger partial charge >= 0.3 is 5.97 Å². The standard InChI is InChI=1S/C22H20F2N6O2S/c1-2-32-22(31)15-11-33-21(26-15)18-19(25)28-30-9-7-17(27-20(18)30)29-8-3-4-16(29)13-10-12(23)5-6-14(13)24/h5-7,9-11,16H,2-4,8H2,1H3,(H2,25,28). The van der Waals surface area contributed by atoms with Crippen molar-refractivity contribution in [1.29, 1.82) is 0 Å². The molecule has 3 aromatic heterocycles. The highest BCUT2D eigenvalue weighted by molar-refractivity contribution is 7.13. The van der Waals surface area contributed by atoms with Crippen LogP contribution in [0.3, 0.4) is 0 Å².